The van der Waals surface area contributed by atoms with Crippen molar-refractivity contribution in [1.29, 1.82) is 5.26 Å². The zero-order valence-corrected chi connectivity index (χ0v) is 26.9. The molecule has 13 heteroatoms. The van der Waals surface area contributed by atoms with E-state index in [4.69, 9.17) is 11.6 Å². The lowest BCUT2D eigenvalue weighted by Crippen LogP contribution is -2.46. The Morgan fingerprint density at radius 3 is 2.62 bits per heavy atom. The molecule has 0 saturated heterocycles. The van der Waals surface area contributed by atoms with E-state index in [0.717, 1.165) is 43.3 Å². The average Bonchev–Trinajstić information content (AvgIpc) is 3.97. The summed E-state index contributed by atoms with van der Waals surface area (Å²) in [4.78, 5) is 17.5. The van der Waals surface area contributed by atoms with E-state index in [9.17, 15) is 23.2 Å². The second-order valence-electron chi connectivity index (χ2n) is 13.4. The lowest BCUT2D eigenvalue weighted by molar-refractivity contribution is -0.206. The van der Waals surface area contributed by atoms with E-state index in [-0.39, 0.29) is 27.4 Å². The van der Waals surface area contributed by atoms with Crippen LogP contribution in [0.4, 0.5) is 24.5 Å². The molecule has 9 nitrogen and oxygen atoms in total. The van der Waals surface area contributed by atoms with Gasteiger partial charge < -0.3 is 20.6 Å². The molecule has 244 valence electrons. The molecule has 4 aromatic rings. The van der Waals surface area contributed by atoms with Gasteiger partial charge in [-0.25, -0.2) is 0 Å². The lowest BCUT2D eigenvalue weighted by atomic mass is 9.92. The minimum atomic E-state index is -4.46. The number of aryl methyl sites for hydroxylation is 1. The average molecular weight is 663 g/mol. The fraction of sp³-hybridized carbons (Fsp3) is 0.382. The summed E-state index contributed by atoms with van der Waals surface area (Å²) in [6.45, 7) is 1.74. The number of rotatable bonds is 9. The van der Waals surface area contributed by atoms with Gasteiger partial charge in [-0.05, 0) is 80.7 Å². The van der Waals surface area contributed by atoms with Crippen LogP contribution in [-0.2, 0) is 7.05 Å². The Bertz CT molecular complexity index is 2040. The number of alkyl halides is 3. The molecule has 0 amide bonds. The van der Waals surface area contributed by atoms with Gasteiger partial charge in [-0.3, -0.25) is 14.8 Å². The maximum atomic E-state index is 13.7. The molecule has 47 heavy (non-hydrogen) atoms. The SMILES string of the molecule is Cn1ccc2c([C@H](Nc3cc(Cl)c4ncc(C#N)c(NCC(C)(C)C(F)(F)F)c4c3)C3=CN(C4(C5CC5)CC4)NN3)cccc2c1=O. The maximum absolute atomic E-state index is 13.7. The summed E-state index contributed by atoms with van der Waals surface area (Å²) < 4.78 is 42.7. The Kier molecular flexibility index (Phi) is 7.33. The molecule has 7 rings (SSSR count). The molecule has 0 unspecified atom stereocenters. The Morgan fingerprint density at radius 1 is 1.17 bits per heavy atom. The van der Waals surface area contributed by atoms with Gasteiger partial charge in [-0.15, -0.1) is 5.53 Å². The van der Waals surface area contributed by atoms with Crippen molar-refractivity contribution in [2.45, 2.75) is 57.3 Å². The fourth-order valence-corrected chi connectivity index (χ4v) is 6.75. The van der Waals surface area contributed by atoms with Gasteiger partial charge in [0.1, 0.15) is 6.07 Å². The number of nitrogens with one attached hydrogen (secondary N) is 4. The van der Waals surface area contributed by atoms with Crippen molar-refractivity contribution >= 4 is 44.7 Å². The van der Waals surface area contributed by atoms with Crippen LogP contribution in [0.25, 0.3) is 21.7 Å². The monoisotopic (exact) mass is 662 g/mol. The van der Waals surface area contributed by atoms with Gasteiger partial charge in [0.25, 0.3) is 5.56 Å². The fourth-order valence-electron chi connectivity index (χ4n) is 6.48. The third-order valence-corrected chi connectivity index (χ3v) is 10.1. The van der Waals surface area contributed by atoms with Crippen LogP contribution in [-0.4, -0.2) is 32.8 Å². The first kappa shape index (κ1) is 31.1. The van der Waals surface area contributed by atoms with Gasteiger partial charge in [-0.2, -0.15) is 18.4 Å². The largest absolute Gasteiger partial charge is 0.395 e. The predicted octanol–water partition coefficient (Wildman–Crippen LogP) is 6.87. The minimum Gasteiger partial charge on any atom is -0.382 e. The molecule has 4 N–H and O–H groups in total. The Labute approximate surface area is 274 Å². The Balaban J connectivity index is 1.33. The van der Waals surface area contributed by atoms with Crippen molar-refractivity contribution in [1.82, 2.24) is 25.5 Å². The molecular weight excluding hydrogens is 629 g/mol. The molecule has 0 radical (unpaired) electrons. The number of hydrogen-bond acceptors (Lipinski definition) is 8. The molecule has 1 aliphatic heterocycles. The van der Waals surface area contributed by atoms with Crippen LogP contribution in [0.5, 0.6) is 0 Å². The normalized spacial score (nSPS) is 18.1. The molecule has 0 bridgehead atoms. The highest BCUT2D eigenvalue weighted by atomic mass is 35.5. The number of nitrogens with zero attached hydrogens (tertiary/aromatic N) is 4. The first-order valence-electron chi connectivity index (χ1n) is 15.5. The smallest absolute Gasteiger partial charge is 0.382 e. The van der Waals surface area contributed by atoms with Gasteiger partial charge in [0.2, 0.25) is 0 Å². The summed E-state index contributed by atoms with van der Waals surface area (Å²) in [6.07, 6.45) is 5.29. The van der Waals surface area contributed by atoms with Crippen LogP contribution in [0.15, 0.2) is 65.5 Å². The summed E-state index contributed by atoms with van der Waals surface area (Å²) in [5.41, 5.74) is 7.48. The van der Waals surface area contributed by atoms with Crippen LogP contribution in [0.3, 0.4) is 0 Å². The maximum Gasteiger partial charge on any atom is 0.395 e. The quantitative estimate of drug-likeness (QED) is 0.154. The highest BCUT2D eigenvalue weighted by Crippen LogP contribution is 2.57. The van der Waals surface area contributed by atoms with Crippen LogP contribution in [0, 0.1) is 22.7 Å². The van der Waals surface area contributed by atoms with Gasteiger partial charge in [0.05, 0.1) is 44.5 Å². The van der Waals surface area contributed by atoms with Gasteiger partial charge in [0, 0.05) is 48.6 Å². The van der Waals surface area contributed by atoms with Crippen LogP contribution >= 0.6 is 11.6 Å². The molecule has 2 aromatic carbocycles. The second-order valence-corrected chi connectivity index (χ2v) is 13.8. The number of hydrogen-bond donors (Lipinski definition) is 4. The molecule has 2 fully saturated rings. The number of aromatic nitrogens is 2. The molecule has 2 saturated carbocycles. The van der Waals surface area contributed by atoms with Gasteiger partial charge in [0.15, 0.2) is 0 Å². The number of benzene rings is 2. The zero-order chi connectivity index (χ0) is 33.3. The van der Waals surface area contributed by atoms with Crippen molar-refractivity contribution in [3.8, 4) is 6.07 Å². The standard InChI is InChI=1S/C34H34ClF3N8O/c1-32(2,34(36,37)38)18-41-28-19(15-39)16-40-29-25(28)13-21(14-26(29)35)42-30(23-5-4-6-24-22(23)9-12-45(3)31(24)47)27-17-46(44-43-27)33(10-11-33)20-7-8-20/h4-6,9,12-14,16-17,20,30,42-44H,7-8,10-11,18H2,1-3H3,(H,40,41)/t30-/m0/s1. The van der Waals surface area contributed by atoms with Gasteiger partial charge in [-0.1, -0.05) is 23.7 Å². The number of nitriles is 1. The summed E-state index contributed by atoms with van der Waals surface area (Å²) in [5, 5.41) is 20.5. The number of hydrazine groups is 2. The number of anilines is 2. The summed E-state index contributed by atoms with van der Waals surface area (Å²) in [7, 11) is 1.71. The van der Waals surface area contributed by atoms with E-state index < -0.39 is 24.2 Å². The van der Waals surface area contributed by atoms with Crippen molar-refractivity contribution in [2.75, 3.05) is 17.2 Å². The van der Waals surface area contributed by atoms with E-state index in [0.29, 0.717) is 27.9 Å². The summed E-state index contributed by atoms with van der Waals surface area (Å²) in [5.74, 6) is 0.647. The first-order chi connectivity index (χ1) is 22.3. The lowest BCUT2D eigenvalue weighted by Gasteiger charge is -2.29. The minimum absolute atomic E-state index is 0.0877. The van der Waals surface area contributed by atoms with Crippen LogP contribution in [0.2, 0.25) is 5.02 Å². The molecule has 3 aliphatic rings. The molecular formula is C34H34ClF3N8O. The van der Waals surface area contributed by atoms with Crippen LogP contribution < -0.4 is 27.2 Å². The Morgan fingerprint density at radius 2 is 1.94 bits per heavy atom. The number of pyridine rings is 2. The van der Waals surface area contributed by atoms with Crippen LogP contribution in [0.1, 0.15) is 56.7 Å². The van der Waals surface area contributed by atoms with E-state index >= 15 is 0 Å². The highest BCUT2D eigenvalue weighted by molar-refractivity contribution is 6.35. The molecule has 3 heterocycles. The third kappa shape index (κ3) is 5.41. The summed E-state index contributed by atoms with van der Waals surface area (Å²) in [6, 6.07) is 12.5. The van der Waals surface area contributed by atoms with Crippen molar-refractivity contribution < 1.29 is 13.2 Å². The number of halogens is 4. The van der Waals surface area contributed by atoms with E-state index in [1.54, 1.807) is 31.4 Å². The predicted molar refractivity (Wildman–Crippen MR) is 176 cm³/mol. The topological polar surface area (TPSA) is 110 Å². The van der Waals surface area contributed by atoms with E-state index in [1.165, 1.54) is 23.6 Å². The van der Waals surface area contributed by atoms with Crippen molar-refractivity contribution in [3.63, 3.8) is 0 Å². The third-order valence-electron chi connectivity index (χ3n) is 9.78. The van der Waals surface area contributed by atoms with Crippen molar-refractivity contribution in [2.24, 2.45) is 18.4 Å². The van der Waals surface area contributed by atoms with E-state index in [2.05, 4.69) is 37.8 Å². The second kappa shape index (κ2) is 11.1. The first-order valence-corrected chi connectivity index (χ1v) is 15.9. The Hall–Kier alpha value is -4.47. The van der Waals surface area contributed by atoms with E-state index in [1.807, 2.05) is 24.3 Å². The molecule has 1 atom stereocenters. The highest BCUT2D eigenvalue weighted by Gasteiger charge is 2.58. The van der Waals surface area contributed by atoms with Gasteiger partial charge >= 0.3 is 6.18 Å². The summed E-state index contributed by atoms with van der Waals surface area (Å²) >= 11 is 6.76. The van der Waals surface area contributed by atoms with Crippen molar-refractivity contribution in [3.05, 3.63) is 87.2 Å². The molecule has 0 spiro atoms. The number of fused-ring (bicyclic) bond motifs is 2. The molecule has 2 aromatic heterocycles. The zero-order valence-electron chi connectivity index (χ0n) is 26.1. The molecule has 2 aliphatic carbocycles.